The number of aliphatic hydroxyl groups is 1. The lowest BCUT2D eigenvalue weighted by Gasteiger charge is -2.13. The van der Waals surface area contributed by atoms with Crippen LogP contribution in [0.4, 0.5) is 30.8 Å². The van der Waals surface area contributed by atoms with Crippen LogP contribution in [0.3, 0.4) is 0 Å². The van der Waals surface area contributed by atoms with Crippen molar-refractivity contribution in [2.45, 2.75) is 52.9 Å². The molecule has 0 amide bonds. The minimum absolute atomic E-state index is 0.0228. The van der Waals surface area contributed by atoms with Gasteiger partial charge in [0.1, 0.15) is 5.69 Å². The first kappa shape index (κ1) is 25.0. The smallest absolute Gasteiger partial charge is 0.389 e. The lowest BCUT2D eigenvalue weighted by atomic mass is 10.1. The molecule has 172 valence electrons. The van der Waals surface area contributed by atoms with E-state index in [1.54, 1.807) is 31.2 Å². The molecule has 7 nitrogen and oxygen atoms in total. The maximum Gasteiger partial charge on any atom is 0.433 e. The summed E-state index contributed by atoms with van der Waals surface area (Å²) >= 11 is 0. The van der Waals surface area contributed by atoms with Gasteiger partial charge in [-0.05, 0) is 44.5 Å². The van der Waals surface area contributed by atoms with Gasteiger partial charge < -0.3 is 15.7 Å². The number of benzene rings is 1. The number of aromatic nitrogens is 4. The van der Waals surface area contributed by atoms with E-state index in [0.717, 1.165) is 12.3 Å². The van der Waals surface area contributed by atoms with Gasteiger partial charge in [-0.1, -0.05) is 32.0 Å². The molecule has 0 aliphatic carbocycles. The summed E-state index contributed by atoms with van der Waals surface area (Å²) in [4.78, 5) is 16.3. The van der Waals surface area contributed by atoms with Crippen molar-refractivity contribution in [2.75, 3.05) is 10.6 Å². The highest BCUT2D eigenvalue weighted by atomic mass is 19.4. The molecular formula is C22H27F3N6O. The molecule has 0 radical (unpaired) electrons. The second-order valence-corrected chi connectivity index (χ2v) is 6.96. The van der Waals surface area contributed by atoms with Crippen molar-refractivity contribution < 1.29 is 18.3 Å². The Labute approximate surface area is 185 Å². The molecule has 1 aromatic carbocycles. The van der Waals surface area contributed by atoms with Crippen molar-refractivity contribution in [3.63, 3.8) is 0 Å². The molecule has 2 aromatic heterocycles. The van der Waals surface area contributed by atoms with Crippen molar-refractivity contribution in [3.05, 3.63) is 53.9 Å². The Bertz CT molecular complexity index is 1020. The molecule has 0 saturated heterocycles. The number of pyridine rings is 1. The highest BCUT2D eigenvalue weighted by molar-refractivity contribution is 5.62. The van der Waals surface area contributed by atoms with Gasteiger partial charge >= 0.3 is 6.18 Å². The molecule has 1 unspecified atom stereocenters. The summed E-state index contributed by atoms with van der Waals surface area (Å²) in [7, 11) is 0. The largest absolute Gasteiger partial charge is 0.433 e. The predicted octanol–water partition coefficient (Wildman–Crippen LogP) is 5.60. The first-order chi connectivity index (χ1) is 15.1. The fourth-order valence-electron chi connectivity index (χ4n) is 2.61. The van der Waals surface area contributed by atoms with Gasteiger partial charge in [-0.25, -0.2) is 0 Å². The number of nitrogens with one attached hydrogen (secondary N) is 2. The summed E-state index contributed by atoms with van der Waals surface area (Å²) in [6.45, 7) is 9.46. The van der Waals surface area contributed by atoms with Crippen LogP contribution in [-0.4, -0.2) is 31.1 Å². The molecule has 0 bridgehead atoms. The monoisotopic (exact) mass is 448 g/mol. The van der Waals surface area contributed by atoms with Gasteiger partial charge in [-0.2, -0.15) is 28.1 Å². The maximum absolute atomic E-state index is 12.9. The van der Waals surface area contributed by atoms with Gasteiger partial charge in [0.05, 0.1) is 6.10 Å². The summed E-state index contributed by atoms with van der Waals surface area (Å²) < 4.78 is 38.8. The third-order valence-corrected chi connectivity index (χ3v) is 3.99. The molecule has 1 atom stereocenters. The highest BCUT2D eigenvalue weighted by Gasteiger charge is 2.32. The summed E-state index contributed by atoms with van der Waals surface area (Å²) in [5, 5.41) is 15.7. The Morgan fingerprint density at radius 2 is 1.62 bits per heavy atom. The summed E-state index contributed by atoms with van der Waals surface area (Å²) in [5.41, 5.74) is 0.441. The number of nitrogens with zero attached hydrogens (tertiary/aromatic N) is 4. The van der Waals surface area contributed by atoms with E-state index in [2.05, 4.69) is 30.6 Å². The average Bonchev–Trinajstić information content (AvgIpc) is 2.74. The average molecular weight is 448 g/mol. The number of anilines is 3. The number of halogens is 3. The van der Waals surface area contributed by atoms with Crippen molar-refractivity contribution in [3.8, 4) is 11.4 Å². The molecule has 10 heteroatoms. The Hall–Kier alpha value is -3.27. The zero-order valence-corrected chi connectivity index (χ0v) is 18.6. The lowest BCUT2D eigenvalue weighted by Crippen LogP contribution is -2.14. The molecule has 3 rings (SSSR count). The summed E-state index contributed by atoms with van der Waals surface area (Å²) in [5.74, 6) is 0.651. The number of hydrogen-bond donors (Lipinski definition) is 3. The number of hydrogen-bond acceptors (Lipinski definition) is 7. The van der Waals surface area contributed by atoms with Gasteiger partial charge in [0.2, 0.25) is 11.9 Å². The van der Waals surface area contributed by atoms with Gasteiger partial charge in [0, 0.05) is 23.5 Å². The van der Waals surface area contributed by atoms with Gasteiger partial charge in [-0.15, -0.1) is 0 Å². The van der Waals surface area contributed by atoms with Crippen molar-refractivity contribution in [1.82, 2.24) is 19.9 Å². The third kappa shape index (κ3) is 6.88. The van der Waals surface area contributed by atoms with Crippen molar-refractivity contribution in [1.29, 1.82) is 0 Å². The molecule has 3 aromatic rings. The number of aliphatic hydroxyl groups excluding tert-OH is 1. The first-order valence-electron chi connectivity index (χ1n) is 10.2. The molecule has 0 fully saturated rings. The molecular weight excluding hydrogens is 421 g/mol. The SMILES string of the molecule is CC.CC(C)Nc1nc(Nc2ccnc(C(F)(F)F)c2)nc(-c2cccc(C(C)O)c2)n1. The maximum atomic E-state index is 12.9. The second kappa shape index (κ2) is 10.9. The molecule has 32 heavy (non-hydrogen) atoms. The van der Waals surface area contributed by atoms with E-state index in [4.69, 9.17) is 0 Å². The first-order valence-corrected chi connectivity index (χ1v) is 10.2. The fraction of sp³-hybridized carbons (Fsp3) is 0.364. The molecule has 0 aliphatic rings. The minimum Gasteiger partial charge on any atom is -0.389 e. The Kier molecular flexibility index (Phi) is 8.48. The second-order valence-electron chi connectivity index (χ2n) is 6.96. The highest BCUT2D eigenvalue weighted by Crippen LogP contribution is 2.30. The fourth-order valence-corrected chi connectivity index (χ4v) is 2.61. The van der Waals surface area contributed by atoms with Gasteiger partial charge in [-0.3, -0.25) is 4.98 Å². The van der Waals surface area contributed by atoms with Crippen LogP contribution < -0.4 is 10.6 Å². The topological polar surface area (TPSA) is 95.9 Å². The van der Waals surface area contributed by atoms with Crippen molar-refractivity contribution >= 4 is 17.6 Å². The zero-order chi connectivity index (χ0) is 23.9. The third-order valence-electron chi connectivity index (χ3n) is 3.99. The van der Waals surface area contributed by atoms with E-state index >= 15 is 0 Å². The predicted molar refractivity (Wildman–Crippen MR) is 119 cm³/mol. The van der Waals surface area contributed by atoms with E-state index in [1.165, 1.54) is 6.07 Å². The summed E-state index contributed by atoms with van der Waals surface area (Å²) in [6.07, 6.45) is -4.17. The molecule has 3 N–H and O–H groups in total. The quantitative estimate of drug-likeness (QED) is 0.452. The molecule has 2 heterocycles. The van der Waals surface area contributed by atoms with Gasteiger partial charge in [0.15, 0.2) is 5.82 Å². The van der Waals surface area contributed by atoms with E-state index in [9.17, 15) is 18.3 Å². The number of alkyl halides is 3. The van der Waals surface area contributed by atoms with Gasteiger partial charge in [0.25, 0.3) is 0 Å². The standard InChI is InChI=1S/C20H21F3N6O.C2H6/c1-11(2)25-18-27-17(14-6-4-5-13(9-14)12(3)30)28-19(29-18)26-15-7-8-24-16(10-15)20(21,22)23;1-2/h4-12,30H,1-3H3,(H2,24,25,26,27,28,29);1-2H3. The molecule has 0 aliphatic heterocycles. The Morgan fingerprint density at radius 1 is 0.938 bits per heavy atom. The van der Waals surface area contributed by atoms with Crippen molar-refractivity contribution in [2.24, 2.45) is 0 Å². The molecule has 0 spiro atoms. The molecule has 0 saturated carbocycles. The van der Waals surface area contributed by atoms with E-state index in [0.29, 0.717) is 17.0 Å². The Balaban J connectivity index is 0.00000176. The van der Waals surface area contributed by atoms with Crippen LogP contribution in [-0.2, 0) is 6.18 Å². The normalized spacial score (nSPS) is 12.1. The van der Waals surface area contributed by atoms with Crippen LogP contribution in [0.5, 0.6) is 0 Å². The van der Waals surface area contributed by atoms with E-state index < -0.39 is 18.0 Å². The van der Waals surface area contributed by atoms with E-state index in [-0.39, 0.29) is 23.6 Å². The van der Waals surface area contributed by atoms with Crippen LogP contribution in [0.1, 0.15) is 52.0 Å². The van der Waals surface area contributed by atoms with Crippen LogP contribution in [0, 0.1) is 0 Å². The number of rotatable bonds is 6. The van der Waals surface area contributed by atoms with Crippen LogP contribution in [0.2, 0.25) is 0 Å². The minimum atomic E-state index is -4.56. The van der Waals surface area contributed by atoms with E-state index in [1.807, 2.05) is 27.7 Å². The zero-order valence-electron chi connectivity index (χ0n) is 18.6. The van der Waals surface area contributed by atoms with Crippen LogP contribution in [0.15, 0.2) is 42.6 Å². The Morgan fingerprint density at radius 3 is 2.25 bits per heavy atom. The lowest BCUT2D eigenvalue weighted by molar-refractivity contribution is -0.141. The van der Waals surface area contributed by atoms with Crippen LogP contribution >= 0.6 is 0 Å². The summed E-state index contributed by atoms with van der Waals surface area (Å²) in [6, 6.07) is 9.36. The van der Waals surface area contributed by atoms with Crippen LogP contribution in [0.25, 0.3) is 11.4 Å².